The van der Waals surface area contributed by atoms with Crippen LogP contribution in [0.4, 0.5) is 0 Å². The van der Waals surface area contributed by atoms with Crippen molar-refractivity contribution in [2.24, 2.45) is 5.92 Å². The molecule has 0 bridgehead atoms. The van der Waals surface area contributed by atoms with Crippen molar-refractivity contribution in [1.82, 2.24) is 4.90 Å². The van der Waals surface area contributed by atoms with Gasteiger partial charge in [0, 0.05) is 6.54 Å². The van der Waals surface area contributed by atoms with E-state index in [4.69, 9.17) is 0 Å². The molecule has 1 saturated heterocycles. The van der Waals surface area contributed by atoms with Crippen molar-refractivity contribution in [3.63, 3.8) is 0 Å². The number of aliphatic hydroxyl groups excluding tert-OH is 1. The molecular weight excluding hydrogens is 150 g/mol. The molecule has 1 aliphatic heterocycles. The topological polar surface area (TPSA) is 23.5 Å². The Morgan fingerprint density at radius 3 is 2.50 bits per heavy atom. The van der Waals surface area contributed by atoms with E-state index in [1.807, 2.05) is 6.92 Å². The van der Waals surface area contributed by atoms with Gasteiger partial charge in [0.15, 0.2) is 0 Å². The van der Waals surface area contributed by atoms with Crippen LogP contribution in [0.1, 0.15) is 33.1 Å². The number of likely N-dealkylation sites (tertiary alicyclic amines) is 1. The van der Waals surface area contributed by atoms with Crippen LogP contribution in [0.2, 0.25) is 0 Å². The molecule has 1 rings (SSSR count). The lowest BCUT2D eigenvalue weighted by Gasteiger charge is -2.31. The molecule has 1 atom stereocenters. The van der Waals surface area contributed by atoms with Gasteiger partial charge in [0.1, 0.15) is 0 Å². The quantitative estimate of drug-likeness (QED) is 0.695. The zero-order valence-electron chi connectivity index (χ0n) is 8.29. The molecule has 2 heteroatoms. The minimum Gasteiger partial charge on any atom is -0.392 e. The van der Waals surface area contributed by atoms with Gasteiger partial charge in [-0.15, -0.1) is 0 Å². The van der Waals surface area contributed by atoms with Crippen molar-refractivity contribution in [2.45, 2.75) is 39.2 Å². The molecule has 0 aromatic heterocycles. The van der Waals surface area contributed by atoms with Gasteiger partial charge in [-0.1, -0.05) is 13.8 Å². The van der Waals surface area contributed by atoms with Crippen molar-refractivity contribution in [1.29, 1.82) is 0 Å². The Labute approximate surface area is 75.6 Å². The zero-order chi connectivity index (χ0) is 8.97. The third-order valence-corrected chi connectivity index (χ3v) is 2.82. The first-order valence-electron chi connectivity index (χ1n) is 5.12. The van der Waals surface area contributed by atoms with Crippen LogP contribution in [-0.4, -0.2) is 35.7 Å². The van der Waals surface area contributed by atoms with Crippen LogP contribution in [-0.2, 0) is 0 Å². The summed E-state index contributed by atoms with van der Waals surface area (Å²) >= 11 is 0. The van der Waals surface area contributed by atoms with Crippen molar-refractivity contribution < 1.29 is 5.11 Å². The zero-order valence-corrected chi connectivity index (χ0v) is 8.29. The number of piperidine rings is 1. The van der Waals surface area contributed by atoms with Gasteiger partial charge in [-0.3, -0.25) is 0 Å². The van der Waals surface area contributed by atoms with E-state index in [0.717, 1.165) is 18.9 Å². The van der Waals surface area contributed by atoms with Gasteiger partial charge < -0.3 is 10.0 Å². The van der Waals surface area contributed by atoms with E-state index >= 15 is 0 Å². The maximum absolute atomic E-state index is 9.43. The van der Waals surface area contributed by atoms with E-state index in [9.17, 15) is 5.11 Å². The number of hydrogen-bond donors (Lipinski definition) is 1. The second-order valence-corrected chi connectivity index (χ2v) is 4.05. The summed E-state index contributed by atoms with van der Waals surface area (Å²) in [5.41, 5.74) is 0. The fourth-order valence-corrected chi connectivity index (χ4v) is 1.67. The third-order valence-electron chi connectivity index (χ3n) is 2.82. The smallest absolute Gasteiger partial charge is 0.0664 e. The molecule has 0 aliphatic carbocycles. The largest absolute Gasteiger partial charge is 0.392 e. The lowest BCUT2D eigenvalue weighted by molar-refractivity contribution is 0.0891. The molecular formula is C10H21NO. The van der Waals surface area contributed by atoms with E-state index in [-0.39, 0.29) is 6.10 Å². The summed E-state index contributed by atoms with van der Waals surface area (Å²) in [6, 6.07) is 0. The van der Waals surface area contributed by atoms with Crippen LogP contribution in [0.25, 0.3) is 0 Å². The molecule has 0 unspecified atom stereocenters. The highest BCUT2D eigenvalue weighted by Gasteiger charge is 2.17. The van der Waals surface area contributed by atoms with Crippen LogP contribution in [0.3, 0.4) is 0 Å². The van der Waals surface area contributed by atoms with Crippen molar-refractivity contribution in [2.75, 3.05) is 19.6 Å². The van der Waals surface area contributed by atoms with Gasteiger partial charge >= 0.3 is 0 Å². The number of nitrogens with zero attached hydrogens (tertiary/aromatic N) is 1. The molecule has 0 radical (unpaired) electrons. The molecule has 0 spiro atoms. The Balaban J connectivity index is 2.17. The molecule has 0 aromatic rings. The Morgan fingerprint density at radius 2 is 2.00 bits per heavy atom. The van der Waals surface area contributed by atoms with Crippen LogP contribution in [0.15, 0.2) is 0 Å². The number of rotatable bonds is 3. The average Bonchev–Trinajstić information content (AvgIpc) is 2.09. The van der Waals surface area contributed by atoms with Crippen LogP contribution in [0, 0.1) is 5.92 Å². The molecule has 1 aliphatic rings. The predicted octanol–water partition coefficient (Wildman–Crippen LogP) is 1.49. The Bertz CT molecular complexity index is 119. The van der Waals surface area contributed by atoms with Gasteiger partial charge in [-0.05, 0) is 38.3 Å². The molecule has 72 valence electrons. The van der Waals surface area contributed by atoms with Crippen molar-refractivity contribution in [3.8, 4) is 0 Å². The monoisotopic (exact) mass is 171 g/mol. The summed E-state index contributed by atoms with van der Waals surface area (Å²) in [4.78, 5) is 2.38. The predicted molar refractivity (Wildman–Crippen MR) is 51.1 cm³/mol. The van der Waals surface area contributed by atoms with Gasteiger partial charge in [0.05, 0.1) is 6.10 Å². The first kappa shape index (κ1) is 10.0. The Hall–Kier alpha value is -0.0800. The highest BCUT2D eigenvalue weighted by Crippen LogP contribution is 2.16. The van der Waals surface area contributed by atoms with Gasteiger partial charge in [0.2, 0.25) is 0 Å². The van der Waals surface area contributed by atoms with Gasteiger partial charge in [0.25, 0.3) is 0 Å². The molecule has 2 nitrogen and oxygen atoms in total. The maximum Gasteiger partial charge on any atom is 0.0664 e. The van der Waals surface area contributed by atoms with Gasteiger partial charge in [-0.2, -0.15) is 0 Å². The highest BCUT2D eigenvalue weighted by molar-refractivity contribution is 4.71. The second kappa shape index (κ2) is 4.83. The van der Waals surface area contributed by atoms with E-state index in [2.05, 4.69) is 11.8 Å². The summed E-state index contributed by atoms with van der Waals surface area (Å²) in [5.74, 6) is 0.889. The molecule has 0 saturated carbocycles. The molecule has 12 heavy (non-hydrogen) atoms. The number of hydrogen-bond acceptors (Lipinski definition) is 2. The normalized spacial score (nSPS) is 24.2. The second-order valence-electron chi connectivity index (χ2n) is 4.05. The van der Waals surface area contributed by atoms with Crippen LogP contribution >= 0.6 is 0 Å². The standard InChI is InChI=1S/C10H21NO/c1-3-10(12)8-11-6-4-9(2)5-7-11/h9-10,12H,3-8H2,1-2H3/t10-/m1/s1. The average molecular weight is 171 g/mol. The third kappa shape index (κ3) is 3.11. The van der Waals surface area contributed by atoms with E-state index < -0.39 is 0 Å². The summed E-state index contributed by atoms with van der Waals surface area (Å²) in [6.07, 6.45) is 3.37. The summed E-state index contributed by atoms with van der Waals surface area (Å²) < 4.78 is 0. The van der Waals surface area contributed by atoms with E-state index in [0.29, 0.717) is 0 Å². The molecule has 0 aromatic carbocycles. The van der Waals surface area contributed by atoms with Crippen molar-refractivity contribution in [3.05, 3.63) is 0 Å². The summed E-state index contributed by atoms with van der Waals surface area (Å²) in [5, 5.41) is 9.43. The fourth-order valence-electron chi connectivity index (χ4n) is 1.67. The Morgan fingerprint density at radius 1 is 1.42 bits per heavy atom. The summed E-state index contributed by atoms with van der Waals surface area (Å²) in [7, 11) is 0. The SMILES string of the molecule is CC[C@@H](O)CN1CCC(C)CC1. The number of β-amino-alcohol motifs (C(OH)–C–C–N with tert-alkyl or cyclic N) is 1. The first-order valence-corrected chi connectivity index (χ1v) is 5.12. The summed E-state index contributed by atoms with van der Waals surface area (Å²) in [6.45, 7) is 7.59. The molecule has 1 heterocycles. The molecule has 1 fully saturated rings. The van der Waals surface area contributed by atoms with E-state index in [1.165, 1.54) is 25.9 Å². The minimum absolute atomic E-state index is 0.113. The maximum atomic E-state index is 9.43. The van der Waals surface area contributed by atoms with Crippen LogP contribution in [0.5, 0.6) is 0 Å². The Kier molecular flexibility index (Phi) is 4.02. The van der Waals surface area contributed by atoms with Crippen molar-refractivity contribution >= 4 is 0 Å². The van der Waals surface area contributed by atoms with Gasteiger partial charge in [-0.25, -0.2) is 0 Å². The number of aliphatic hydroxyl groups is 1. The first-order chi connectivity index (χ1) is 5.72. The lowest BCUT2D eigenvalue weighted by Crippen LogP contribution is -2.38. The van der Waals surface area contributed by atoms with E-state index in [1.54, 1.807) is 0 Å². The van der Waals surface area contributed by atoms with Crippen LogP contribution < -0.4 is 0 Å². The minimum atomic E-state index is -0.113. The molecule has 1 N–H and O–H groups in total. The molecule has 0 amide bonds. The lowest BCUT2D eigenvalue weighted by atomic mass is 9.99. The fraction of sp³-hybridized carbons (Fsp3) is 1.00. The highest BCUT2D eigenvalue weighted by atomic mass is 16.3.